The number of methoxy groups -OCH3 is 3. The van der Waals surface area contributed by atoms with E-state index in [1.165, 1.54) is 0 Å². The number of para-hydroxylation sites is 1. The van der Waals surface area contributed by atoms with Gasteiger partial charge in [-0.3, -0.25) is 4.79 Å². The van der Waals surface area contributed by atoms with Crippen LogP contribution in [-0.2, 0) is 11.3 Å². The van der Waals surface area contributed by atoms with Gasteiger partial charge < -0.3 is 28.9 Å². The fourth-order valence-electron chi connectivity index (χ4n) is 5.15. The highest BCUT2D eigenvalue weighted by Gasteiger charge is 2.29. The number of hydrogen-bond donors (Lipinski definition) is 0. The van der Waals surface area contributed by atoms with E-state index in [0.29, 0.717) is 43.2 Å². The number of likely N-dealkylation sites (N-methyl/N-ethyl adjacent to an activating group) is 1. The van der Waals surface area contributed by atoms with Gasteiger partial charge in [0.15, 0.2) is 0 Å². The number of carbonyl (C=O) groups is 1. The summed E-state index contributed by atoms with van der Waals surface area (Å²) in [6.07, 6.45) is 0.704. The number of hydrogen-bond acceptors (Lipinski definition) is 7. The van der Waals surface area contributed by atoms with Crippen molar-refractivity contribution in [2.24, 2.45) is 0 Å². The molecule has 1 fully saturated rings. The Morgan fingerprint density at radius 3 is 2.21 bits per heavy atom. The Balaban J connectivity index is 1.76. The molecule has 1 aliphatic heterocycles. The fourth-order valence-corrected chi connectivity index (χ4v) is 5.15. The summed E-state index contributed by atoms with van der Waals surface area (Å²) in [5.74, 6) is 1.88. The molecule has 0 atom stereocenters. The number of anilines is 1. The van der Waals surface area contributed by atoms with Gasteiger partial charge in [-0.2, -0.15) is 5.10 Å². The van der Waals surface area contributed by atoms with Crippen molar-refractivity contribution in [2.75, 3.05) is 72.1 Å². The van der Waals surface area contributed by atoms with Crippen LogP contribution >= 0.6 is 0 Å². The second-order valence-corrected chi connectivity index (χ2v) is 9.67. The number of amides is 1. The van der Waals surface area contributed by atoms with Gasteiger partial charge in [0.05, 0.1) is 32.1 Å². The van der Waals surface area contributed by atoms with Crippen LogP contribution in [0.1, 0.15) is 35.0 Å². The molecule has 0 spiro atoms. The number of ether oxygens (including phenoxy) is 3. The Kier molecular flexibility index (Phi) is 9.84. The van der Waals surface area contributed by atoms with E-state index in [-0.39, 0.29) is 5.91 Å². The highest BCUT2D eigenvalue weighted by Crippen LogP contribution is 2.33. The molecule has 0 bridgehead atoms. The van der Waals surface area contributed by atoms with Gasteiger partial charge in [0, 0.05) is 52.0 Å². The van der Waals surface area contributed by atoms with Crippen molar-refractivity contribution in [2.45, 2.75) is 26.8 Å². The molecule has 2 heterocycles. The van der Waals surface area contributed by atoms with E-state index < -0.39 is 0 Å². The number of nitrogens with zero attached hydrogens (tertiary/aromatic N) is 5. The predicted molar refractivity (Wildman–Crippen MR) is 153 cm³/mol. The number of rotatable bonds is 12. The lowest BCUT2D eigenvalue weighted by atomic mass is 10.1. The molecule has 0 aliphatic carbocycles. The van der Waals surface area contributed by atoms with Crippen molar-refractivity contribution in [3.63, 3.8) is 0 Å². The summed E-state index contributed by atoms with van der Waals surface area (Å²) in [6, 6.07) is 15.6. The molecule has 3 aromatic rings. The zero-order valence-electron chi connectivity index (χ0n) is 23.9. The van der Waals surface area contributed by atoms with Crippen molar-refractivity contribution < 1.29 is 19.0 Å². The molecule has 0 unspecified atom stereocenters. The third-order valence-electron chi connectivity index (χ3n) is 7.33. The molecule has 39 heavy (non-hydrogen) atoms. The van der Waals surface area contributed by atoms with Crippen LogP contribution in [-0.4, -0.2) is 92.7 Å². The molecular formula is C30H41N5O4. The number of aromatic nitrogens is 2. The first-order valence-electron chi connectivity index (χ1n) is 13.6. The SMILES string of the molecule is CCN1CCN(c2c(CN(CCCOC)C(=O)c3c(OC)cccc3OC)c(C)nn2-c2ccccc2)CC1. The van der Waals surface area contributed by atoms with Crippen molar-refractivity contribution in [3.8, 4) is 17.2 Å². The summed E-state index contributed by atoms with van der Waals surface area (Å²) >= 11 is 0. The largest absolute Gasteiger partial charge is 0.496 e. The molecule has 9 heteroatoms. The Hall–Kier alpha value is -3.56. The molecule has 1 aliphatic rings. The van der Waals surface area contributed by atoms with Crippen molar-refractivity contribution in [3.05, 3.63) is 65.4 Å². The molecule has 1 saturated heterocycles. The van der Waals surface area contributed by atoms with Crippen LogP contribution in [0.3, 0.4) is 0 Å². The molecular weight excluding hydrogens is 494 g/mol. The van der Waals surface area contributed by atoms with E-state index in [2.05, 4.69) is 28.9 Å². The first kappa shape index (κ1) is 28.4. The van der Waals surface area contributed by atoms with E-state index in [9.17, 15) is 4.79 Å². The van der Waals surface area contributed by atoms with Gasteiger partial charge in [-0.05, 0) is 44.2 Å². The van der Waals surface area contributed by atoms with E-state index >= 15 is 0 Å². The van der Waals surface area contributed by atoms with Gasteiger partial charge in [0.25, 0.3) is 5.91 Å². The smallest absolute Gasteiger partial charge is 0.261 e. The van der Waals surface area contributed by atoms with Crippen molar-refractivity contribution >= 4 is 11.7 Å². The van der Waals surface area contributed by atoms with Crippen molar-refractivity contribution in [1.82, 2.24) is 19.6 Å². The third-order valence-corrected chi connectivity index (χ3v) is 7.33. The second-order valence-electron chi connectivity index (χ2n) is 9.67. The average Bonchev–Trinajstić information content (AvgIpc) is 3.31. The van der Waals surface area contributed by atoms with Gasteiger partial charge in [0.2, 0.25) is 0 Å². The summed E-state index contributed by atoms with van der Waals surface area (Å²) in [6.45, 7) is 10.5. The van der Waals surface area contributed by atoms with Crippen molar-refractivity contribution in [1.29, 1.82) is 0 Å². The zero-order valence-corrected chi connectivity index (χ0v) is 23.9. The first-order chi connectivity index (χ1) is 19.0. The van der Waals surface area contributed by atoms with Crippen LogP contribution in [0.25, 0.3) is 5.69 Å². The highest BCUT2D eigenvalue weighted by molar-refractivity contribution is 5.99. The van der Waals surface area contributed by atoms with E-state index in [0.717, 1.165) is 55.5 Å². The average molecular weight is 536 g/mol. The third kappa shape index (κ3) is 6.37. The molecule has 0 saturated carbocycles. The molecule has 1 amide bonds. The van der Waals surface area contributed by atoms with E-state index in [4.69, 9.17) is 19.3 Å². The van der Waals surface area contributed by atoms with Crippen LogP contribution in [0.5, 0.6) is 11.5 Å². The maximum atomic E-state index is 14.1. The lowest BCUT2D eigenvalue weighted by Crippen LogP contribution is -2.47. The minimum absolute atomic E-state index is 0.144. The Morgan fingerprint density at radius 2 is 1.62 bits per heavy atom. The maximum absolute atomic E-state index is 14.1. The second kappa shape index (κ2) is 13.5. The van der Waals surface area contributed by atoms with Gasteiger partial charge in [-0.25, -0.2) is 4.68 Å². The number of aryl methyl sites for hydroxylation is 1. The van der Waals surface area contributed by atoms with Crippen LogP contribution in [0, 0.1) is 6.92 Å². The predicted octanol–water partition coefficient (Wildman–Crippen LogP) is 4.02. The van der Waals surface area contributed by atoms with E-state index in [1.807, 2.05) is 40.8 Å². The maximum Gasteiger partial charge on any atom is 0.261 e. The fraction of sp³-hybridized carbons (Fsp3) is 0.467. The van der Waals surface area contributed by atoms with Gasteiger partial charge in [-0.15, -0.1) is 0 Å². The van der Waals surface area contributed by atoms with Crippen LogP contribution < -0.4 is 14.4 Å². The standard InChI is InChI=1S/C30H41N5O4/c1-6-32-17-19-33(20-18-32)29-25(23(2)31-35(29)24-12-8-7-9-13-24)22-34(16-11-21-37-3)30(36)28-26(38-4)14-10-15-27(28)39-5/h7-10,12-15H,6,11,16-22H2,1-5H3. The lowest BCUT2D eigenvalue weighted by molar-refractivity contribution is 0.0716. The molecule has 210 valence electrons. The number of piperazine rings is 1. The summed E-state index contributed by atoms with van der Waals surface area (Å²) in [5.41, 5.74) is 3.38. The number of benzene rings is 2. The molecule has 9 nitrogen and oxygen atoms in total. The first-order valence-corrected chi connectivity index (χ1v) is 13.6. The Bertz CT molecular complexity index is 1200. The molecule has 0 radical (unpaired) electrons. The molecule has 1 aromatic heterocycles. The topological polar surface area (TPSA) is 72.3 Å². The quantitative estimate of drug-likeness (QED) is 0.325. The molecule has 2 aromatic carbocycles. The van der Waals surface area contributed by atoms with Gasteiger partial charge in [-0.1, -0.05) is 31.2 Å². The molecule has 0 N–H and O–H groups in total. The summed E-state index contributed by atoms with van der Waals surface area (Å²) in [5, 5.41) is 4.99. The monoisotopic (exact) mass is 535 g/mol. The Labute approximate surface area is 231 Å². The summed E-state index contributed by atoms with van der Waals surface area (Å²) < 4.78 is 18.5. The molecule has 4 rings (SSSR count). The van der Waals surface area contributed by atoms with Crippen LogP contribution in [0.2, 0.25) is 0 Å². The van der Waals surface area contributed by atoms with Crippen LogP contribution in [0.15, 0.2) is 48.5 Å². The van der Waals surface area contributed by atoms with E-state index in [1.54, 1.807) is 33.5 Å². The number of carbonyl (C=O) groups excluding carboxylic acids is 1. The summed E-state index contributed by atoms with van der Waals surface area (Å²) in [4.78, 5) is 20.9. The normalized spacial score (nSPS) is 13.9. The lowest BCUT2D eigenvalue weighted by Gasteiger charge is -2.36. The minimum Gasteiger partial charge on any atom is -0.496 e. The van der Waals surface area contributed by atoms with Gasteiger partial charge >= 0.3 is 0 Å². The zero-order chi connectivity index (χ0) is 27.8. The summed E-state index contributed by atoms with van der Waals surface area (Å²) in [7, 11) is 4.82. The highest BCUT2D eigenvalue weighted by atomic mass is 16.5. The van der Waals surface area contributed by atoms with Gasteiger partial charge in [0.1, 0.15) is 22.9 Å². The van der Waals surface area contributed by atoms with Crippen LogP contribution in [0.4, 0.5) is 5.82 Å². The minimum atomic E-state index is -0.144. The Morgan fingerprint density at radius 1 is 0.949 bits per heavy atom.